The SMILES string of the molecule is O=C(COc1ccc2oc3c(c2c1)CCCC3)NNC(=O)c1ccccc1O. The molecular formula is C21H20N2O5. The molecule has 1 aliphatic rings. The average molecular weight is 380 g/mol. The van der Waals surface area contributed by atoms with Gasteiger partial charge in [-0.05, 0) is 49.6 Å². The van der Waals surface area contributed by atoms with Crippen molar-refractivity contribution < 1.29 is 23.8 Å². The number of fused-ring (bicyclic) bond motifs is 3. The average Bonchev–Trinajstić information content (AvgIpc) is 3.09. The van der Waals surface area contributed by atoms with Crippen LogP contribution in [0.1, 0.15) is 34.5 Å². The van der Waals surface area contributed by atoms with E-state index in [1.54, 1.807) is 18.2 Å². The number of carbonyl (C=O) groups excluding carboxylic acids is 2. The van der Waals surface area contributed by atoms with Gasteiger partial charge in [-0.2, -0.15) is 0 Å². The van der Waals surface area contributed by atoms with Crippen LogP contribution in [0.2, 0.25) is 0 Å². The zero-order valence-corrected chi connectivity index (χ0v) is 15.2. The number of aromatic hydroxyl groups is 1. The van der Waals surface area contributed by atoms with Crippen molar-refractivity contribution in [2.45, 2.75) is 25.7 Å². The Morgan fingerprint density at radius 1 is 1.07 bits per heavy atom. The number of hydrogen-bond donors (Lipinski definition) is 3. The van der Waals surface area contributed by atoms with Gasteiger partial charge < -0.3 is 14.3 Å². The van der Waals surface area contributed by atoms with E-state index in [1.165, 1.54) is 17.7 Å². The Kier molecular flexibility index (Phi) is 4.89. The Bertz CT molecular complexity index is 1040. The van der Waals surface area contributed by atoms with Crippen molar-refractivity contribution in [1.82, 2.24) is 10.9 Å². The predicted octanol–water partition coefficient (Wildman–Crippen LogP) is 2.86. The van der Waals surface area contributed by atoms with Crippen molar-refractivity contribution in [3.8, 4) is 11.5 Å². The number of hydrogen-bond acceptors (Lipinski definition) is 5. The number of nitrogens with one attached hydrogen (secondary N) is 2. The van der Waals surface area contributed by atoms with Gasteiger partial charge in [0.05, 0.1) is 5.56 Å². The summed E-state index contributed by atoms with van der Waals surface area (Å²) >= 11 is 0. The minimum Gasteiger partial charge on any atom is -0.507 e. The highest BCUT2D eigenvalue weighted by atomic mass is 16.5. The zero-order valence-electron chi connectivity index (χ0n) is 15.2. The van der Waals surface area contributed by atoms with Gasteiger partial charge in [-0.15, -0.1) is 0 Å². The molecule has 1 aromatic heterocycles. The minimum absolute atomic E-state index is 0.0684. The number of phenolic OH excluding ortho intramolecular Hbond substituents is 1. The van der Waals surface area contributed by atoms with Crippen LogP contribution in [0.4, 0.5) is 0 Å². The van der Waals surface area contributed by atoms with Crippen LogP contribution in [0.25, 0.3) is 11.0 Å². The van der Waals surface area contributed by atoms with Gasteiger partial charge in [-0.1, -0.05) is 12.1 Å². The van der Waals surface area contributed by atoms with Gasteiger partial charge in [0, 0.05) is 17.4 Å². The molecule has 2 amide bonds. The molecule has 0 bridgehead atoms. The molecule has 28 heavy (non-hydrogen) atoms. The summed E-state index contributed by atoms with van der Waals surface area (Å²) in [5.41, 5.74) is 6.64. The number of ether oxygens (including phenoxy) is 1. The normalized spacial score (nSPS) is 13.0. The number of para-hydroxylation sites is 1. The largest absolute Gasteiger partial charge is 0.507 e. The maximum Gasteiger partial charge on any atom is 0.276 e. The standard InChI is InChI=1S/C21H20N2O5/c24-17-7-3-1-6-15(17)21(26)23-22-20(25)12-27-13-9-10-19-16(11-13)14-5-2-4-8-18(14)28-19/h1,3,6-7,9-11,24H,2,4-5,8,12H2,(H,22,25)(H,23,26). The second kappa shape index (κ2) is 7.64. The zero-order chi connectivity index (χ0) is 19.5. The topological polar surface area (TPSA) is 101 Å². The molecule has 0 aliphatic heterocycles. The van der Waals surface area contributed by atoms with Crippen LogP contribution in [0.3, 0.4) is 0 Å². The summed E-state index contributed by atoms with van der Waals surface area (Å²) in [6, 6.07) is 11.6. The quantitative estimate of drug-likeness (QED) is 0.604. The third-order valence-electron chi connectivity index (χ3n) is 4.76. The van der Waals surface area contributed by atoms with Gasteiger partial charge in [0.1, 0.15) is 22.8 Å². The van der Waals surface area contributed by atoms with E-state index in [0.717, 1.165) is 42.4 Å². The van der Waals surface area contributed by atoms with Crippen molar-refractivity contribution in [2.75, 3.05) is 6.61 Å². The fraction of sp³-hybridized carbons (Fsp3) is 0.238. The minimum atomic E-state index is -0.613. The number of hydrazine groups is 1. The monoisotopic (exact) mass is 380 g/mol. The van der Waals surface area contributed by atoms with Gasteiger partial charge in [-0.3, -0.25) is 20.4 Å². The third kappa shape index (κ3) is 3.64. The highest BCUT2D eigenvalue weighted by molar-refractivity contribution is 5.97. The van der Waals surface area contributed by atoms with E-state index in [0.29, 0.717) is 5.75 Å². The lowest BCUT2D eigenvalue weighted by Crippen LogP contribution is -2.43. The molecule has 4 rings (SSSR count). The lowest BCUT2D eigenvalue weighted by molar-refractivity contribution is -0.123. The van der Waals surface area contributed by atoms with Gasteiger partial charge >= 0.3 is 0 Å². The first-order chi connectivity index (χ1) is 13.6. The summed E-state index contributed by atoms with van der Waals surface area (Å²) in [5.74, 6) is 0.310. The van der Waals surface area contributed by atoms with Crippen LogP contribution in [0, 0.1) is 0 Å². The molecule has 0 atom stereocenters. The van der Waals surface area contributed by atoms with Gasteiger partial charge in [0.2, 0.25) is 0 Å². The highest BCUT2D eigenvalue weighted by Crippen LogP contribution is 2.33. The maximum atomic E-state index is 12.0. The van der Waals surface area contributed by atoms with E-state index in [2.05, 4.69) is 10.9 Å². The molecule has 144 valence electrons. The van der Waals surface area contributed by atoms with Crippen LogP contribution < -0.4 is 15.6 Å². The van der Waals surface area contributed by atoms with E-state index in [1.807, 2.05) is 12.1 Å². The number of aryl methyl sites for hydroxylation is 2. The molecule has 1 heterocycles. The van der Waals surface area contributed by atoms with E-state index in [-0.39, 0.29) is 17.9 Å². The summed E-state index contributed by atoms with van der Waals surface area (Å²) in [7, 11) is 0. The van der Waals surface area contributed by atoms with Crippen LogP contribution in [-0.4, -0.2) is 23.5 Å². The van der Waals surface area contributed by atoms with Crippen LogP contribution in [0.15, 0.2) is 46.9 Å². The van der Waals surface area contributed by atoms with Crippen LogP contribution in [0.5, 0.6) is 11.5 Å². The molecule has 0 spiro atoms. The lowest BCUT2D eigenvalue weighted by Gasteiger charge is -2.10. The number of benzene rings is 2. The second-order valence-electron chi connectivity index (χ2n) is 6.68. The Hall–Kier alpha value is -3.48. The molecule has 0 saturated carbocycles. The number of carbonyl (C=O) groups is 2. The fourth-order valence-electron chi connectivity index (χ4n) is 3.38. The van der Waals surface area contributed by atoms with E-state index >= 15 is 0 Å². The van der Waals surface area contributed by atoms with E-state index in [9.17, 15) is 14.7 Å². The Morgan fingerprint density at radius 3 is 2.75 bits per heavy atom. The molecular weight excluding hydrogens is 360 g/mol. The first-order valence-corrected chi connectivity index (χ1v) is 9.16. The van der Waals surface area contributed by atoms with Gasteiger partial charge in [-0.25, -0.2) is 0 Å². The van der Waals surface area contributed by atoms with Crippen molar-refractivity contribution in [3.05, 3.63) is 59.4 Å². The summed E-state index contributed by atoms with van der Waals surface area (Å²) in [6.45, 7) is -0.257. The molecule has 0 radical (unpaired) electrons. The van der Waals surface area contributed by atoms with E-state index < -0.39 is 11.8 Å². The number of rotatable bonds is 4. The van der Waals surface area contributed by atoms with Crippen LogP contribution >= 0.6 is 0 Å². The molecule has 2 aromatic carbocycles. The number of furan rings is 1. The number of amides is 2. The van der Waals surface area contributed by atoms with Gasteiger partial charge in [0.15, 0.2) is 6.61 Å². The summed E-state index contributed by atoms with van der Waals surface area (Å²) in [6.07, 6.45) is 4.23. The molecule has 0 saturated heterocycles. The van der Waals surface area contributed by atoms with Gasteiger partial charge in [0.25, 0.3) is 11.8 Å². The molecule has 7 nitrogen and oxygen atoms in total. The fourth-order valence-corrected chi connectivity index (χ4v) is 3.38. The lowest BCUT2D eigenvalue weighted by atomic mass is 9.96. The van der Waals surface area contributed by atoms with E-state index in [4.69, 9.17) is 9.15 Å². The first-order valence-electron chi connectivity index (χ1n) is 9.16. The summed E-state index contributed by atoms with van der Waals surface area (Å²) in [5, 5.41) is 10.7. The van der Waals surface area contributed by atoms with Crippen molar-refractivity contribution in [3.63, 3.8) is 0 Å². The molecule has 1 aliphatic carbocycles. The van der Waals surface area contributed by atoms with Crippen molar-refractivity contribution in [2.24, 2.45) is 0 Å². The van der Waals surface area contributed by atoms with Crippen molar-refractivity contribution >= 4 is 22.8 Å². The van der Waals surface area contributed by atoms with Crippen LogP contribution in [-0.2, 0) is 17.6 Å². The highest BCUT2D eigenvalue weighted by Gasteiger charge is 2.18. The summed E-state index contributed by atoms with van der Waals surface area (Å²) < 4.78 is 11.4. The van der Waals surface area contributed by atoms with Crippen molar-refractivity contribution in [1.29, 1.82) is 0 Å². The Labute approximate surface area is 161 Å². The smallest absolute Gasteiger partial charge is 0.276 e. The Morgan fingerprint density at radius 2 is 1.89 bits per heavy atom. The molecule has 0 fully saturated rings. The second-order valence-corrected chi connectivity index (χ2v) is 6.68. The maximum absolute atomic E-state index is 12.0. The molecule has 0 unspecified atom stereocenters. The Balaban J connectivity index is 1.34. The molecule has 3 aromatic rings. The predicted molar refractivity (Wildman–Crippen MR) is 102 cm³/mol. The third-order valence-corrected chi connectivity index (χ3v) is 4.76. The first kappa shape index (κ1) is 17.9. The number of phenols is 1. The molecule has 3 N–H and O–H groups in total. The summed E-state index contributed by atoms with van der Waals surface area (Å²) in [4.78, 5) is 23.9. The molecule has 7 heteroatoms.